The van der Waals surface area contributed by atoms with Crippen molar-refractivity contribution < 1.29 is 9.53 Å². The summed E-state index contributed by atoms with van der Waals surface area (Å²) in [6.45, 7) is 4.70. The zero-order valence-corrected chi connectivity index (χ0v) is 18.0. The maximum absolute atomic E-state index is 12.7. The van der Waals surface area contributed by atoms with Crippen molar-refractivity contribution in [2.75, 3.05) is 13.1 Å². The molecule has 0 radical (unpaired) electrons. The fraction of sp³-hybridized carbons (Fsp3) is 0.520. The molecular weight excluding hydrogens is 374 g/mol. The number of carbonyl (C=O) groups is 1. The van der Waals surface area contributed by atoms with Crippen LogP contribution >= 0.6 is 0 Å². The molecule has 0 bridgehead atoms. The van der Waals surface area contributed by atoms with E-state index in [1.807, 2.05) is 18.2 Å². The molecule has 5 nitrogen and oxygen atoms in total. The monoisotopic (exact) mass is 407 g/mol. The molecule has 1 N–H and O–H groups in total. The molecule has 2 aromatic rings. The minimum atomic E-state index is 0.290. The van der Waals surface area contributed by atoms with Gasteiger partial charge in [0, 0.05) is 37.8 Å². The molecule has 1 saturated heterocycles. The van der Waals surface area contributed by atoms with Crippen LogP contribution < -0.4 is 10.1 Å². The maximum Gasteiger partial charge on any atom is 0.225 e. The number of pyridine rings is 1. The van der Waals surface area contributed by atoms with Crippen molar-refractivity contribution in [3.05, 3.63) is 53.9 Å². The SMILES string of the molecule is Cc1cc(CNC2CCN(C(=O)C3CCCCC3)CC2)ccc1Oc1cccnc1. The summed E-state index contributed by atoms with van der Waals surface area (Å²) in [5, 5.41) is 3.68. The number of hydrogen-bond acceptors (Lipinski definition) is 4. The van der Waals surface area contributed by atoms with Crippen LogP contribution in [-0.4, -0.2) is 34.9 Å². The number of carbonyl (C=O) groups excluding carboxylic acids is 1. The van der Waals surface area contributed by atoms with Gasteiger partial charge in [-0.3, -0.25) is 9.78 Å². The minimum Gasteiger partial charge on any atom is -0.455 e. The first-order valence-electron chi connectivity index (χ1n) is 11.4. The van der Waals surface area contributed by atoms with Crippen LogP contribution in [0.4, 0.5) is 0 Å². The standard InChI is InChI=1S/C25H33N3O2/c1-19-16-20(9-10-24(19)30-23-8-5-13-26-18-23)17-27-22-11-14-28(15-12-22)25(29)21-6-3-2-4-7-21/h5,8-10,13,16,18,21-22,27H,2-4,6-7,11-12,14-15,17H2,1H3. The highest BCUT2D eigenvalue weighted by atomic mass is 16.5. The summed E-state index contributed by atoms with van der Waals surface area (Å²) in [6, 6.07) is 10.6. The Balaban J connectivity index is 1.23. The molecular formula is C25H33N3O2. The lowest BCUT2D eigenvalue weighted by Gasteiger charge is -2.35. The Morgan fingerprint density at radius 3 is 2.63 bits per heavy atom. The number of hydrogen-bond donors (Lipinski definition) is 1. The number of piperidine rings is 1. The van der Waals surface area contributed by atoms with E-state index < -0.39 is 0 Å². The predicted molar refractivity (Wildman–Crippen MR) is 119 cm³/mol. The average Bonchev–Trinajstić information content (AvgIpc) is 2.80. The van der Waals surface area contributed by atoms with Gasteiger partial charge in [0.05, 0.1) is 6.20 Å². The van der Waals surface area contributed by atoms with Crippen LogP contribution in [0.25, 0.3) is 0 Å². The van der Waals surface area contributed by atoms with E-state index >= 15 is 0 Å². The van der Waals surface area contributed by atoms with Crippen LogP contribution in [0.3, 0.4) is 0 Å². The number of amides is 1. The highest BCUT2D eigenvalue weighted by Gasteiger charge is 2.28. The fourth-order valence-electron chi connectivity index (χ4n) is 4.64. The van der Waals surface area contributed by atoms with Gasteiger partial charge in [0.25, 0.3) is 0 Å². The number of nitrogens with one attached hydrogen (secondary N) is 1. The number of aromatic nitrogens is 1. The van der Waals surface area contributed by atoms with Crippen LogP contribution in [0.1, 0.15) is 56.1 Å². The lowest BCUT2D eigenvalue weighted by Crippen LogP contribution is -2.46. The molecule has 5 heteroatoms. The topological polar surface area (TPSA) is 54.5 Å². The summed E-state index contributed by atoms with van der Waals surface area (Å²) < 4.78 is 5.92. The molecule has 0 unspecified atom stereocenters. The third kappa shape index (κ3) is 5.39. The molecule has 0 atom stereocenters. The molecule has 0 spiro atoms. The predicted octanol–water partition coefficient (Wildman–Crippen LogP) is 4.84. The Morgan fingerprint density at radius 2 is 1.93 bits per heavy atom. The number of likely N-dealkylation sites (tertiary alicyclic amines) is 1. The van der Waals surface area contributed by atoms with Crippen molar-refractivity contribution in [1.82, 2.24) is 15.2 Å². The molecule has 1 aromatic heterocycles. The van der Waals surface area contributed by atoms with Crippen molar-refractivity contribution in [2.45, 2.75) is 64.5 Å². The van der Waals surface area contributed by atoms with Crippen LogP contribution in [0.5, 0.6) is 11.5 Å². The van der Waals surface area contributed by atoms with Gasteiger partial charge >= 0.3 is 0 Å². The van der Waals surface area contributed by atoms with Crippen molar-refractivity contribution in [2.24, 2.45) is 5.92 Å². The summed E-state index contributed by atoms with van der Waals surface area (Å²) >= 11 is 0. The highest BCUT2D eigenvalue weighted by Crippen LogP contribution is 2.27. The molecule has 1 amide bonds. The van der Waals surface area contributed by atoms with Gasteiger partial charge in [-0.25, -0.2) is 0 Å². The molecule has 1 aromatic carbocycles. The van der Waals surface area contributed by atoms with E-state index in [0.717, 1.165) is 62.4 Å². The largest absolute Gasteiger partial charge is 0.455 e. The van der Waals surface area contributed by atoms with Crippen LogP contribution in [0.15, 0.2) is 42.7 Å². The Morgan fingerprint density at radius 1 is 1.13 bits per heavy atom. The Hall–Kier alpha value is -2.40. The summed E-state index contributed by atoms with van der Waals surface area (Å²) in [4.78, 5) is 18.9. The van der Waals surface area contributed by atoms with Gasteiger partial charge in [0.1, 0.15) is 11.5 Å². The third-order valence-electron chi connectivity index (χ3n) is 6.46. The molecule has 30 heavy (non-hydrogen) atoms. The molecule has 1 aliphatic heterocycles. The van der Waals surface area contributed by atoms with Gasteiger partial charge < -0.3 is 15.0 Å². The zero-order valence-electron chi connectivity index (χ0n) is 18.0. The lowest BCUT2D eigenvalue weighted by atomic mass is 9.87. The smallest absolute Gasteiger partial charge is 0.225 e. The van der Waals surface area contributed by atoms with Gasteiger partial charge in [-0.2, -0.15) is 0 Å². The summed E-state index contributed by atoms with van der Waals surface area (Å²) in [5.74, 6) is 2.31. The normalized spacial score (nSPS) is 18.4. The summed E-state index contributed by atoms with van der Waals surface area (Å²) in [5.41, 5.74) is 2.37. The number of benzene rings is 1. The molecule has 4 rings (SSSR count). The van der Waals surface area contributed by atoms with Gasteiger partial charge in [-0.05, 0) is 61.9 Å². The molecule has 1 aliphatic carbocycles. The van der Waals surface area contributed by atoms with Gasteiger partial charge in [-0.15, -0.1) is 0 Å². The Bertz CT molecular complexity index is 826. The number of aryl methyl sites for hydroxylation is 1. The number of ether oxygens (including phenoxy) is 1. The van der Waals surface area contributed by atoms with E-state index in [0.29, 0.717) is 17.9 Å². The summed E-state index contributed by atoms with van der Waals surface area (Å²) in [6.07, 6.45) is 11.5. The van der Waals surface area contributed by atoms with E-state index in [1.165, 1.54) is 24.8 Å². The second-order valence-corrected chi connectivity index (χ2v) is 8.71. The maximum atomic E-state index is 12.7. The Labute approximate surface area is 179 Å². The van der Waals surface area contributed by atoms with Gasteiger partial charge in [0.15, 0.2) is 0 Å². The quantitative estimate of drug-likeness (QED) is 0.744. The molecule has 2 fully saturated rings. The van der Waals surface area contributed by atoms with E-state index in [-0.39, 0.29) is 0 Å². The van der Waals surface area contributed by atoms with Crippen molar-refractivity contribution in [3.63, 3.8) is 0 Å². The zero-order chi connectivity index (χ0) is 20.8. The van der Waals surface area contributed by atoms with E-state index in [4.69, 9.17) is 4.74 Å². The number of rotatable bonds is 6. The van der Waals surface area contributed by atoms with Crippen molar-refractivity contribution in [1.29, 1.82) is 0 Å². The lowest BCUT2D eigenvalue weighted by molar-refractivity contribution is -0.137. The molecule has 2 aliphatic rings. The van der Waals surface area contributed by atoms with Gasteiger partial charge in [0.2, 0.25) is 5.91 Å². The highest BCUT2D eigenvalue weighted by molar-refractivity contribution is 5.79. The third-order valence-corrected chi connectivity index (χ3v) is 6.46. The second-order valence-electron chi connectivity index (χ2n) is 8.71. The first kappa shape index (κ1) is 20.9. The van der Waals surface area contributed by atoms with Crippen LogP contribution in [-0.2, 0) is 11.3 Å². The number of nitrogens with zero attached hydrogens (tertiary/aromatic N) is 2. The van der Waals surface area contributed by atoms with Crippen molar-refractivity contribution in [3.8, 4) is 11.5 Å². The first-order valence-corrected chi connectivity index (χ1v) is 11.4. The molecule has 1 saturated carbocycles. The van der Waals surface area contributed by atoms with Crippen molar-refractivity contribution >= 4 is 5.91 Å². The average molecular weight is 408 g/mol. The minimum absolute atomic E-state index is 0.290. The van der Waals surface area contributed by atoms with Crippen LogP contribution in [0, 0.1) is 12.8 Å². The van der Waals surface area contributed by atoms with E-state index in [2.05, 4.69) is 34.3 Å². The van der Waals surface area contributed by atoms with Gasteiger partial charge in [-0.1, -0.05) is 31.4 Å². The molecule has 160 valence electrons. The fourth-order valence-corrected chi connectivity index (χ4v) is 4.64. The van der Waals surface area contributed by atoms with Crippen LogP contribution in [0.2, 0.25) is 0 Å². The molecule has 2 heterocycles. The summed E-state index contributed by atoms with van der Waals surface area (Å²) in [7, 11) is 0. The second kappa shape index (κ2) is 10.1. The van der Waals surface area contributed by atoms with E-state index in [9.17, 15) is 4.79 Å². The first-order chi connectivity index (χ1) is 14.7. The Kier molecular flexibility index (Phi) is 7.00. The van der Waals surface area contributed by atoms with E-state index in [1.54, 1.807) is 12.4 Å².